The molecule has 0 radical (unpaired) electrons. The third kappa shape index (κ3) is 1.16. The van der Waals surface area contributed by atoms with Gasteiger partial charge in [-0.05, 0) is 27.8 Å². The van der Waals surface area contributed by atoms with Crippen LogP contribution in [0.5, 0.6) is 0 Å². The van der Waals surface area contributed by atoms with Crippen molar-refractivity contribution >= 4 is 0 Å². The molecule has 0 spiro atoms. The monoisotopic (exact) mass is 169 g/mol. The Balaban J connectivity index is 2.05. The maximum absolute atomic E-state index is 3.55. The standard InChI is InChI=1S/C9H19N3/c1-9(2,3)12-7-5-11(4)6-8(12)10-7/h7-8,10H,5-6H2,1-4H3. The van der Waals surface area contributed by atoms with Gasteiger partial charge in [-0.1, -0.05) is 0 Å². The summed E-state index contributed by atoms with van der Waals surface area (Å²) in [5.41, 5.74) is 0.321. The van der Waals surface area contributed by atoms with Crippen molar-refractivity contribution in [2.45, 2.75) is 38.6 Å². The van der Waals surface area contributed by atoms with Crippen molar-refractivity contribution in [1.29, 1.82) is 0 Å². The van der Waals surface area contributed by atoms with Crippen molar-refractivity contribution in [2.24, 2.45) is 0 Å². The van der Waals surface area contributed by atoms with Crippen molar-refractivity contribution in [3.8, 4) is 0 Å². The van der Waals surface area contributed by atoms with Crippen LogP contribution in [-0.4, -0.2) is 47.8 Å². The van der Waals surface area contributed by atoms with Gasteiger partial charge in [-0.2, -0.15) is 0 Å². The minimum atomic E-state index is 0.321. The first-order chi connectivity index (χ1) is 5.48. The van der Waals surface area contributed by atoms with Crippen LogP contribution < -0.4 is 5.32 Å². The van der Waals surface area contributed by atoms with Gasteiger partial charge in [0.2, 0.25) is 0 Å². The molecule has 3 nitrogen and oxygen atoms in total. The molecular weight excluding hydrogens is 150 g/mol. The van der Waals surface area contributed by atoms with Gasteiger partial charge >= 0.3 is 0 Å². The molecule has 0 aliphatic carbocycles. The summed E-state index contributed by atoms with van der Waals surface area (Å²) in [6, 6.07) is 0. The van der Waals surface area contributed by atoms with E-state index in [2.05, 4.69) is 42.9 Å². The lowest BCUT2D eigenvalue weighted by Gasteiger charge is -2.61. The van der Waals surface area contributed by atoms with Gasteiger partial charge < -0.3 is 4.90 Å². The van der Waals surface area contributed by atoms with Gasteiger partial charge in [-0.25, -0.2) is 0 Å². The minimum absolute atomic E-state index is 0.321. The van der Waals surface area contributed by atoms with Gasteiger partial charge in [0, 0.05) is 18.6 Å². The first-order valence-electron chi connectivity index (χ1n) is 4.71. The molecule has 0 aromatic rings. The Labute approximate surface area is 74.7 Å². The van der Waals surface area contributed by atoms with Gasteiger partial charge in [0.05, 0.1) is 12.3 Å². The fraction of sp³-hybridized carbons (Fsp3) is 1.00. The number of nitrogens with one attached hydrogen (secondary N) is 1. The highest BCUT2D eigenvalue weighted by atomic mass is 15.5. The summed E-state index contributed by atoms with van der Waals surface area (Å²) in [5, 5.41) is 3.55. The topological polar surface area (TPSA) is 18.5 Å². The zero-order valence-electron chi connectivity index (χ0n) is 8.46. The van der Waals surface area contributed by atoms with E-state index in [1.165, 1.54) is 0 Å². The van der Waals surface area contributed by atoms with Crippen molar-refractivity contribution in [2.75, 3.05) is 20.1 Å². The molecule has 0 aromatic heterocycles. The molecule has 0 saturated carbocycles. The van der Waals surface area contributed by atoms with E-state index in [1.54, 1.807) is 0 Å². The molecule has 2 bridgehead atoms. The average Bonchev–Trinajstić information content (AvgIpc) is 1.81. The Bertz CT molecular complexity index is 173. The predicted molar refractivity (Wildman–Crippen MR) is 49.8 cm³/mol. The van der Waals surface area contributed by atoms with Crippen LogP contribution in [0.1, 0.15) is 20.8 Å². The highest BCUT2D eigenvalue weighted by Gasteiger charge is 2.47. The SMILES string of the molecule is CN1CC2NC(C1)N2C(C)(C)C. The molecule has 0 amide bonds. The fourth-order valence-electron chi connectivity index (χ4n) is 2.40. The van der Waals surface area contributed by atoms with Crippen LogP contribution in [0.25, 0.3) is 0 Å². The molecule has 2 atom stereocenters. The van der Waals surface area contributed by atoms with Crippen LogP contribution in [0, 0.1) is 0 Å². The summed E-state index contributed by atoms with van der Waals surface area (Å²) in [5.74, 6) is 0. The fourth-order valence-corrected chi connectivity index (χ4v) is 2.40. The maximum Gasteiger partial charge on any atom is 0.0758 e. The molecule has 3 heterocycles. The second-order valence-electron chi connectivity index (χ2n) is 5.00. The van der Waals surface area contributed by atoms with Crippen molar-refractivity contribution in [1.82, 2.24) is 15.1 Å². The van der Waals surface area contributed by atoms with E-state index in [0.29, 0.717) is 17.9 Å². The molecule has 3 heteroatoms. The zero-order chi connectivity index (χ0) is 8.93. The Morgan fingerprint density at radius 1 is 1.17 bits per heavy atom. The number of piperazine rings is 2. The van der Waals surface area contributed by atoms with Crippen molar-refractivity contribution < 1.29 is 0 Å². The molecule has 3 saturated heterocycles. The second kappa shape index (κ2) is 2.44. The highest BCUT2D eigenvalue weighted by Crippen LogP contribution is 2.29. The van der Waals surface area contributed by atoms with Crippen LogP contribution in [0.4, 0.5) is 0 Å². The molecule has 70 valence electrons. The number of hydrogen-bond acceptors (Lipinski definition) is 3. The van der Waals surface area contributed by atoms with Crippen LogP contribution in [0.15, 0.2) is 0 Å². The zero-order valence-corrected chi connectivity index (χ0v) is 8.46. The van der Waals surface area contributed by atoms with E-state index in [1.807, 2.05) is 0 Å². The van der Waals surface area contributed by atoms with Crippen LogP contribution in [-0.2, 0) is 0 Å². The maximum atomic E-state index is 3.55. The first kappa shape index (κ1) is 8.48. The third-order valence-corrected chi connectivity index (χ3v) is 2.80. The van der Waals surface area contributed by atoms with E-state index in [-0.39, 0.29) is 0 Å². The first-order valence-corrected chi connectivity index (χ1v) is 4.71. The van der Waals surface area contributed by atoms with Crippen LogP contribution in [0.3, 0.4) is 0 Å². The minimum Gasteiger partial charge on any atom is -0.301 e. The smallest absolute Gasteiger partial charge is 0.0758 e. The number of hydrogen-bond donors (Lipinski definition) is 1. The Morgan fingerprint density at radius 3 is 2.08 bits per heavy atom. The van der Waals surface area contributed by atoms with Gasteiger partial charge in [0.1, 0.15) is 0 Å². The number of fused-ring (bicyclic) bond motifs is 2. The summed E-state index contributed by atoms with van der Waals surface area (Å²) in [6.45, 7) is 9.19. The van der Waals surface area contributed by atoms with Crippen molar-refractivity contribution in [3.05, 3.63) is 0 Å². The Morgan fingerprint density at radius 2 is 1.67 bits per heavy atom. The Hall–Kier alpha value is -0.120. The van der Waals surface area contributed by atoms with Gasteiger partial charge in [0.25, 0.3) is 0 Å². The molecule has 2 unspecified atom stereocenters. The average molecular weight is 169 g/mol. The molecule has 0 aromatic carbocycles. The molecule has 3 aliphatic heterocycles. The quantitative estimate of drug-likeness (QED) is 0.562. The molecule has 12 heavy (non-hydrogen) atoms. The summed E-state index contributed by atoms with van der Waals surface area (Å²) < 4.78 is 0. The molecular formula is C9H19N3. The van der Waals surface area contributed by atoms with E-state index in [4.69, 9.17) is 0 Å². The summed E-state index contributed by atoms with van der Waals surface area (Å²) in [7, 11) is 2.20. The second-order valence-corrected chi connectivity index (χ2v) is 5.00. The van der Waals surface area contributed by atoms with E-state index in [0.717, 1.165) is 13.1 Å². The van der Waals surface area contributed by atoms with Crippen LogP contribution in [0.2, 0.25) is 0 Å². The summed E-state index contributed by atoms with van der Waals surface area (Å²) >= 11 is 0. The van der Waals surface area contributed by atoms with E-state index >= 15 is 0 Å². The number of nitrogens with zero attached hydrogens (tertiary/aromatic N) is 2. The van der Waals surface area contributed by atoms with Gasteiger partial charge in [-0.3, -0.25) is 10.2 Å². The lowest BCUT2D eigenvalue weighted by atomic mass is 9.97. The summed E-state index contributed by atoms with van der Waals surface area (Å²) in [4.78, 5) is 4.97. The highest BCUT2D eigenvalue weighted by molar-refractivity contribution is 5.01. The van der Waals surface area contributed by atoms with E-state index < -0.39 is 0 Å². The molecule has 3 fully saturated rings. The molecule has 3 aliphatic rings. The summed E-state index contributed by atoms with van der Waals surface area (Å²) in [6.07, 6.45) is 1.18. The Kier molecular flexibility index (Phi) is 1.72. The normalized spacial score (nSPS) is 38.0. The largest absolute Gasteiger partial charge is 0.301 e. The van der Waals surface area contributed by atoms with Gasteiger partial charge in [-0.15, -0.1) is 0 Å². The number of likely N-dealkylation sites (N-methyl/N-ethyl adjacent to an activating group) is 1. The predicted octanol–water partition coefficient (Wildman–Crippen LogP) is 0.288. The molecule has 1 N–H and O–H groups in total. The lowest BCUT2D eigenvalue weighted by Crippen LogP contribution is -2.82. The molecule has 3 rings (SSSR count). The number of rotatable bonds is 0. The van der Waals surface area contributed by atoms with E-state index in [9.17, 15) is 0 Å². The van der Waals surface area contributed by atoms with Crippen LogP contribution >= 0.6 is 0 Å². The van der Waals surface area contributed by atoms with Gasteiger partial charge in [0.15, 0.2) is 0 Å². The third-order valence-electron chi connectivity index (χ3n) is 2.80. The lowest BCUT2D eigenvalue weighted by molar-refractivity contribution is -0.144. The van der Waals surface area contributed by atoms with Crippen molar-refractivity contribution in [3.63, 3.8) is 0 Å².